The molecule has 202 valence electrons. The van der Waals surface area contributed by atoms with Gasteiger partial charge in [0.05, 0.1) is 11.8 Å². The molecule has 0 heterocycles. The van der Waals surface area contributed by atoms with E-state index in [9.17, 15) is 19.8 Å². The van der Waals surface area contributed by atoms with Crippen LogP contribution in [0.3, 0.4) is 0 Å². The van der Waals surface area contributed by atoms with Gasteiger partial charge in [-0.2, -0.15) is 0 Å². The summed E-state index contributed by atoms with van der Waals surface area (Å²) in [7, 11) is 0. The lowest BCUT2D eigenvalue weighted by molar-refractivity contribution is -0.154. The summed E-state index contributed by atoms with van der Waals surface area (Å²) >= 11 is 0. The van der Waals surface area contributed by atoms with E-state index in [1.54, 1.807) is 0 Å². The molecule has 2 atom stereocenters. The molecule has 0 aliphatic rings. The van der Waals surface area contributed by atoms with Crippen LogP contribution in [0.5, 0.6) is 0 Å². The SMILES string of the molecule is CC(C)(C)CC(CCC(C(=O)O)C(CCC(CC(C)(C)C)CC(C)(C)C)C(=O)O)CC(C)(C)C. The van der Waals surface area contributed by atoms with E-state index in [1.165, 1.54) is 0 Å². The molecule has 0 aromatic rings. The van der Waals surface area contributed by atoms with Gasteiger partial charge in [0.2, 0.25) is 0 Å². The van der Waals surface area contributed by atoms with Gasteiger partial charge in [0.1, 0.15) is 0 Å². The standard InChI is InChI=1S/C30H58O4/c1-27(2,3)17-21(18-28(4,5)6)13-15-23(25(31)32)24(26(33)34)16-14-22(19-29(7,8)9)20-30(10,11)12/h21-24H,13-20H2,1-12H3,(H,31,32)(H,33,34). The Bertz CT molecular complexity index is 534. The molecule has 4 nitrogen and oxygen atoms in total. The largest absolute Gasteiger partial charge is 0.481 e. The number of hydrogen-bond acceptors (Lipinski definition) is 2. The van der Waals surface area contributed by atoms with Crippen molar-refractivity contribution >= 4 is 11.9 Å². The van der Waals surface area contributed by atoms with Crippen molar-refractivity contribution in [1.29, 1.82) is 0 Å². The lowest BCUT2D eigenvalue weighted by Crippen LogP contribution is -2.32. The molecule has 0 radical (unpaired) electrons. The van der Waals surface area contributed by atoms with Gasteiger partial charge < -0.3 is 10.2 Å². The molecule has 0 saturated heterocycles. The first-order chi connectivity index (χ1) is 15.0. The second-order valence-corrected chi connectivity index (χ2v) is 15.8. The number of rotatable bonds is 13. The summed E-state index contributed by atoms with van der Waals surface area (Å²) in [6, 6.07) is 0. The van der Waals surface area contributed by atoms with Crippen LogP contribution in [0.1, 0.15) is 134 Å². The van der Waals surface area contributed by atoms with Crippen molar-refractivity contribution in [2.75, 3.05) is 0 Å². The molecular formula is C30H58O4. The van der Waals surface area contributed by atoms with E-state index in [2.05, 4.69) is 83.1 Å². The number of carbonyl (C=O) groups is 2. The molecule has 0 saturated carbocycles. The van der Waals surface area contributed by atoms with Crippen molar-refractivity contribution in [2.24, 2.45) is 45.3 Å². The number of aliphatic carboxylic acids is 2. The predicted octanol–water partition coefficient (Wildman–Crippen LogP) is 8.93. The van der Waals surface area contributed by atoms with Gasteiger partial charge in [-0.3, -0.25) is 9.59 Å². The topological polar surface area (TPSA) is 74.6 Å². The predicted molar refractivity (Wildman–Crippen MR) is 144 cm³/mol. The van der Waals surface area contributed by atoms with E-state index in [0.29, 0.717) is 24.7 Å². The van der Waals surface area contributed by atoms with Gasteiger partial charge >= 0.3 is 11.9 Å². The maximum absolute atomic E-state index is 12.3. The first kappa shape index (κ1) is 32.9. The van der Waals surface area contributed by atoms with Gasteiger partial charge in [0.25, 0.3) is 0 Å². The van der Waals surface area contributed by atoms with Crippen LogP contribution in [0.15, 0.2) is 0 Å². The minimum Gasteiger partial charge on any atom is -0.481 e. The molecule has 0 fully saturated rings. The highest BCUT2D eigenvalue weighted by molar-refractivity contribution is 5.79. The zero-order chi connectivity index (χ0) is 27.1. The van der Waals surface area contributed by atoms with E-state index >= 15 is 0 Å². The number of carboxylic acid groups (broad SMARTS) is 2. The number of hydrogen-bond donors (Lipinski definition) is 2. The zero-order valence-corrected chi connectivity index (χ0v) is 24.7. The average molecular weight is 483 g/mol. The lowest BCUT2D eigenvalue weighted by atomic mass is 9.72. The third-order valence-corrected chi connectivity index (χ3v) is 6.50. The summed E-state index contributed by atoms with van der Waals surface area (Å²) in [6.45, 7) is 26.7. The highest BCUT2D eigenvalue weighted by Gasteiger charge is 2.36. The fraction of sp³-hybridized carbons (Fsp3) is 0.933. The number of carboxylic acids is 2. The quantitative estimate of drug-likeness (QED) is 0.275. The minimum absolute atomic E-state index is 0.161. The van der Waals surface area contributed by atoms with Crippen molar-refractivity contribution in [3.8, 4) is 0 Å². The Morgan fingerprint density at radius 3 is 0.824 bits per heavy atom. The molecule has 0 spiro atoms. The first-order valence-corrected chi connectivity index (χ1v) is 13.4. The van der Waals surface area contributed by atoms with Gasteiger partial charge in [0.15, 0.2) is 0 Å². The smallest absolute Gasteiger partial charge is 0.307 e. The van der Waals surface area contributed by atoms with E-state index in [0.717, 1.165) is 38.5 Å². The van der Waals surface area contributed by atoms with Crippen LogP contribution in [-0.2, 0) is 9.59 Å². The molecule has 0 aromatic carbocycles. The Morgan fingerprint density at radius 1 is 0.471 bits per heavy atom. The van der Waals surface area contributed by atoms with E-state index < -0.39 is 23.8 Å². The van der Waals surface area contributed by atoms with Crippen molar-refractivity contribution in [1.82, 2.24) is 0 Å². The van der Waals surface area contributed by atoms with Gasteiger partial charge in [-0.25, -0.2) is 0 Å². The molecular weight excluding hydrogens is 424 g/mol. The molecule has 0 amide bonds. The van der Waals surface area contributed by atoms with Crippen molar-refractivity contribution in [3.63, 3.8) is 0 Å². The molecule has 0 rings (SSSR count). The normalized spacial score (nSPS) is 15.6. The fourth-order valence-corrected chi connectivity index (χ4v) is 5.84. The van der Waals surface area contributed by atoms with Crippen LogP contribution in [0.4, 0.5) is 0 Å². The Balaban J connectivity index is 5.56. The van der Waals surface area contributed by atoms with Gasteiger partial charge in [-0.15, -0.1) is 0 Å². The van der Waals surface area contributed by atoms with E-state index in [1.807, 2.05) is 0 Å². The van der Waals surface area contributed by atoms with Crippen molar-refractivity contribution in [2.45, 2.75) is 134 Å². The summed E-state index contributed by atoms with van der Waals surface area (Å²) in [5.74, 6) is -2.78. The Kier molecular flexibility index (Phi) is 12.4. The molecule has 4 heteroatoms. The maximum Gasteiger partial charge on any atom is 0.307 e. The lowest BCUT2D eigenvalue weighted by Gasteiger charge is -2.33. The fourth-order valence-electron chi connectivity index (χ4n) is 5.84. The molecule has 0 aliphatic heterocycles. The minimum atomic E-state index is -0.958. The van der Waals surface area contributed by atoms with Crippen LogP contribution < -0.4 is 0 Å². The monoisotopic (exact) mass is 482 g/mol. The van der Waals surface area contributed by atoms with E-state index in [4.69, 9.17) is 0 Å². The van der Waals surface area contributed by atoms with Gasteiger partial charge in [0, 0.05) is 0 Å². The highest BCUT2D eigenvalue weighted by atomic mass is 16.4. The molecule has 0 bridgehead atoms. The van der Waals surface area contributed by atoms with Crippen LogP contribution in [0.2, 0.25) is 0 Å². The third-order valence-electron chi connectivity index (χ3n) is 6.50. The Labute approximate surface area is 211 Å². The van der Waals surface area contributed by atoms with E-state index in [-0.39, 0.29) is 21.7 Å². The molecule has 34 heavy (non-hydrogen) atoms. The molecule has 0 aliphatic carbocycles. The average Bonchev–Trinajstić information content (AvgIpc) is 2.50. The summed E-state index contributed by atoms with van der Waals surface area (Å²) in [6.07, 6.45) is 6.49. The van der Waals surface area contributed by atoms with Crippen molar-refractivity contribution in [3.05, 3.63) is 0 Å². The first-order valence-electron chi connectivity index (χ1n) is 13.4. The van der Waals surface area contributed by atoms with Crippen LogP contribution in [0.25, 0.3) is 0 Å². The van der Waals surface area contributed by atoms with Crippen LogP contribution in [-0.4, -0.2) is 22.2 Å². The zero-order valence-electron chi connectivity index (χ0n) is 24.7. The molecule has 2 N–H and O–H groups in total. The Morgan fingerprint density at radius 2 is 0.676 bits per heavy atom. The molecule has 2 unspecified atom stereocenters. The summed E-state index contributed by atoms with van der Waals surface area (Å²) < 4.78 is 0. The van der Waals surface area contributed by atoms with Gasteiger partial charge in [-0.05, 0) is 84.9 Å². The third kappa shape index (κ3) is 16.5. The van der Waals surface area contributed by atoms with Crippen molar-refractivity contribution < 1.29 is 19.8 Å². The van der Waals surface area contributed by atoms with Crippen LogP contribution in [0, 0.1) is 45.3 Å². The maximum atomic E-state index is 12.3. The second kappa shape index (κ2) is 12.8. The highest BCUT2D eigenvalue weighted by Crippen LogP contribution is 2.39. The summed E-state index contributed by atoms with van der Waals surface area (Å²) in [4.78, 5) is 24.5. The second-order valence-electron chi connectivity index (χ2n) is 15.8. The van der Waals surface area contributed by atoms with Crippen LogP contribution >= 0.6 is 0 Å². The summed E-state index contributed by atoms with van der Waals surface area (Å²) in [5, 5.41) is 20.1. The van der Waals surface area contributed by atoms with Gasteiger partial charge in [-0.1, -0.05) is 83.1 Å². The molecule has 0 aromatic heterocycles. The Hall–Kier alpha value is -1.06. The summed E-state index contributed by atoms with van der Waals surface area (Å²) in [5.41, 5.74) is 0.643.